The predicted molar refractivity (Wildman–Crippen MR) is 125 cm³/mol. The van der Waals surface area contributed by atoms with E-state index >= 15 is 0 Å². The Bertz CT molecular complexity index is 963. The Hall–Kier alpha value is -2.58. The molecule has 0 bridgehead atoms. The molecule has 4 rings (SSSR count). The van der Waals surface area contributed by atoms with Crippen molar-refractivity contribution in [3.05, 3.63) is 121 Å². The Morgan fingerprint density at radius 1 is 0.594 bits per heavy atom. The normalized spacial score (nSPS) is 11.2. The average molecular weight is 504 g/mol. The fourth-order valence-corrected chi connectivity index (χ4v) is 8.02. The van der Waals surface area contributed by atoms with Crippen molar-refractivity contribution in [2.45, 2.75) is 6.16 Å². The summed E-state index contributed by atoms with van der Waals surface area (Å²) < 4.78 is 34.4. The molecule has 32 heavy (non-hydrogen) atoms. The third-order valence-electron chi connectivity index (χ3n) is 5.17. The number of methoxy groups -OCH3 is 1. The summed E-state index contributed by atoms with van der Waals surface area (Å²) in [6.07, 6.45) is 0.981. The molecule has 0 amide bonds. The van der Waals surface area contributed by atoms with Gasteiger partial charge in [-0.2, -0.15) is 0 Å². The van der Waals surface area contributed by atoms with E-state index in [1.165, 1.54) is 21.5 Å². The first-order chi connectivity index (χ1) is 15.6. The molecule has 4 aromatic carbocycles. The van der Waals surface area contributed by atoms with Crippen LogP contribution in [0.3, 0.4) is 0 Å². The van der Waals surface area contributed by atoms with Gasteiger partial charge in [-0.25, -0.2) is 0 Å². The number of benzene rings is 4. The van der Waals surface area contributed by atoms with Gasteiger partial charge < -0.3 is 4.74 Å². The summed E-state index contributed by atoms with van der Waals surface area (Å²) in [5.74, 6) is 0.895. The van der Waals surface area contributed by atoms with Crippen LogP contribution < -0.4 is 20.7 Å². The molecule has 0 saturated heterocycles. The van der Waals surface area contributed by atoms with Gasteiger partial charge in [0, 0.05) is 0 Å². The molecular weight excluding hydrogens is 480 g/mol. The van der Waals surface area contributed by atoms with Crippen LogP contribution in [0.2, 0.25) is 0 Å². The van der Waals surface area contributed by atoms with Crippen molar-refractivity contribution in [1.29, 1.82) is 0 Å². The van der Waals surface area contributed by atoms with Gasteiger partial charge >= 0.3 is 25.9 Å². The Morgan fingerprint density at radius 2 is 0.938 bits per heavy atom. The first-order valence-electron chi connectivity index (χ1n) is 9.85. The second kappa shape index (κ2) is 11.9. The van der Waals surface area contributed by atoms with E-state index in [2.05, 4.69) is 115 Å². The van der Waals surface area contributed by atoms with Crippen LogP contribution in [0, 0.1) is 0 Å². The van der Waals surface area contributed by atoms with Crippen molar-refractivity contribution in [2.75, 3.05) is 7.11 Å². The molecule has 1 nitrogen and oxygen atoms in total. The maximum atomic E-state index is 9.69. The predicted octanol–water partition coefficient (Wildman–Crippen LogP) is 6.45. The van der Waals surface area contributed by atoms with Crippen LogP contribution in [0.4, 0.5) is 10.7 Å². The van der Waals surface area contributed by atoms with Crippen molar-refractivity contribution < 1.29 is 30.7 Å². The quantitative estimate of drug-likeness (QED) is 0.217. The summed E-state index contributed by atoms with van der Waals surface area (Å²) in [5.41, 5.74) is 1.32. The topological polar surface area (TPSA) is 9.23 Å². The van der Waals surface area contributed by atoms with Crippen LogP contribution in [0.5, 0.6) is 5.75 Å². The molecule has 171 valence electrons. The van der Waals surface area contributed by atoms with Crippen molar-refractivity contribution in [3.8, 4) is 5.75 Å². The zero-order valence-electron chi connectivity index (χ0n) is 17.5. The Balaban J connectivity index is 0.000000668. The molecule has 0 radical (unpaired) electrons. The van der Waals surface area contributed by atoms with E-state index in [0.29, 0.717) is 0 Å². The van der Waals surface area contributed by atoms with E-state index < -0.39 is 22.5 Å². The van der Waals surface area contributed by atoms with E-state index in [4.69, 9.17) is 4.74 Å². The van der Waals surface area contributed by atoms with Gasteiger partial charge in [-0.05, 0) is 54.1 Å². The van der Waals surface area contributed by atoms with Crippen molar-refractivity contribution in [1.82, 2.24) is 0 Å². The summed E-state index contributed by atoms with van der Waals surface area (Å²) in [6.45, 7) is 0. The Morgan fingerprint density at radius 3 is 1.25 bits per heavy atom. The molecule has 0 heterocycles. The Labute approximate surface area is 193 Å². The number of hydrogen-bond acceptors (Lipinski definition) is 1. The van der Waals surface area contributed by atoms with Gasteiger partial charge in [-0.15, -0.1) is 0 Å². The molecule has 0 atom stereocenters. The van der Waals surface area contributed by atoms with Gasteiger partial charge in [0.2, 0.25) is 0 Å². The molecule has 0 aliphatic heterocycles. The average Bonchev–Trinajstić information content (AvgIpc) is 2.84. The monoisotopic (exact) mass is 503 g/mol. The molecule has 0 unspecified atom stereocenters. The van der Waals surface area contributed by atoms with E-state index in [0.717, 1.165) is 11.9 Å². The van der Waals surface area contributed by atoms with Gasteiger partial charge in [0.25, 0.3) is 0 Å². The molecule has 0 aliphatic carbocycles. The number of hydrogen-bond donors (Lipinski definition) is 0. The zero-order valence-corrected chi connectivity index (χ0v) is 19.3. The van der Waals surface area contributed by atoms with Crippen LogP contribution in [-0.2, 0) is 21.4 Å². The number of rotatable bonds is 6. The summed E-state index contributed by atoms with van der Waals surface area (Å²) in [5, 5.41) is 4.22. The van der Waals surface area contributed by atoms with E-state index in [1.54, 1.807) is 7.11 Å². The molecule has 6 heteroatoms. The third-order valence-corrected chi connectivity index (χ3v) is 9.55. The zero-order chi connectivity index (χ0) is 22.8. The minimum absolute atomic E-state index is 0.895. The van der Waals surface area contributed by atoms with Gasteiger partial charge in [0.05, 0.1) is 13.3 Å². The van der Waals surface area contributed by atoms with E-state index in [-0.39, 0.29) is 0 Å². The molecule has 0 aliphatic rings. The van der Waals surface area contributed by atoms with Crippen LogP contribution in [0.15, 0.2) is 115 Å². The number of halogens is 3. The molecular formula is C26H24CuF3OP. The second-order valence-electron chi connectivity index (χ2n) is 6.95. The van der Waals surface area contributed by atoms with Crippen LogP contribution in [-0.4, -0.2) is 7.11 Å². The molecule has 0 aromatic heterocycles. The van der Waals surface area contributed by atoms with Crippen molar-refractivity contribution in [3.63, 3.8) is 0 Å². The first kappa shape index (κ1) is 24.1. The Kier molecular flexibility index (Phi) is 8.93. The fourth-order valence-electron chi connectivity index (χ4n) is 3.77. The molecule has 0 fully saturated rings. The molecule has 0 spiro atoms. The SMILES string of the molecule is COc1ccc(C[P+](c2ccccc2)(c2ccccc2)c2ccccc2)cc1.[F][Cu-]([F])[F]. The maximum absolute atomic E-state index is 9.69. The third kappa shape index (κ3) is 6.01. The van der Waals surface area contributed by atoms with Gasteiger partial charge in [0.15, 0.2) is 0 Å². The summed E-state index contributed by atoms with van der Waals surface area (Å²) in [4.78, 5) is 0. The van der Waals surface area contributed by atoms with Crippen LogP contribution >= 0.6 is 7.26 Å². The van der Waals surface area contributed by atoms with Gasteiger partial charge in [-0.1, -0.05) is 66.7 Å². The summed E-state index contributed by atoms with van der Waals surface area (Å²) in [7, 11) is -0.127. The number of ether oxygens (including phenoxy) is 1. The standard InChI is InChI=1S/C26H24OP.Cu.3FH/c1-27-23-19-17-22(18-20-23)21-28(24-11-5-2-6-12-24,25-13-7-3-8-14-25)26-15-9-4-10-16-26;;;;/h2-20H,21H2,1H3;;3*1H/q+1;+2;;;/p-3. The van der Waals surface area contributed by atoms with Crippen molar-refractivity contribution >= 4 is 23.2 Å². The van der Waals surface area contributed by atoms with Gasteiger partial charge in [0.1, 0.15) is 28.9 Å². The first-order valence-corrected chi connectivity index (χ1v) is 12.9. The van der Waals surface area contributed by atoms with Crippen LogP contribution in [0.1, 0.15) is 5.56 Å². The molecule has 0 N–H and O–H groups in total. The second-order valence-corrected chi connectivity index (χ2v) is 10.8. The van der Waals surface area contributed by atoms with E-state index in [1.807, 2.05) is 0 Å². The minimum atomic E-state index is -3.81. The van der Waals surface area contributed by atoms with E-state index in [9.17, 15) is 10.7 Å². The van der Waals surface area contributed by atoms with Crippen molar-refractivity contribution in [2.24, 2.45) is 0 Å². The van der Waals surface area contributed by atoms with Gasteiger partial charge in [-0.3, -0.25) is 0 Å². The van der Waals surface area contributed by atoms with Crippen LogP contribution in [0.25, 0.3) is 0 Å². The fraction of sp³-hybridized carbons (Fsp3) is 0.0769. The summed E-state index contributed by atoms with van der Waals surface area (Å²) >= 11 is -3.81. The summed E-state index contributed by atoms with van der Waals surface area (Å²) in [6, 6.07) is 41.5. The molecule has 4 aromatic rings. The molecule has 0 saturated carbocycles.